The molecule has 0 radical (unpaired) electrons. The maximum Gasteiger partial charge on any atom is 0.387 e. The highest BCUT2D eigenvalue weighted by Crippen LogP contribution is 2.18. The van der Waals surface area contributed by atoms with E-state index in [-0.39, 0.29) is 24.3 Å². The van der Waals surface area contributed by atoms with Gasteiger partial charge in [-0.25, -0.2) is 0 Å². The van der Waals surface area contributed by atoms with Gasteiger partial charge in [0, 0.05) is 11.6 Å². The normalized spacial score (nSPS) is 16.1. The molecule has 1 N–H and O–H groups in total. The standard InChI is InChI=1S/C17H22F2N2O3/c18-17(19)24-15-10-6-5-7-13(15)11-20-23-12-16(22)21-14-8-3-1-2-4-9-14/h5-7,10-11,14,17H,1-4,8-9,12H2,(H,21,22)/b20-11+. The lowest BCUT2D eigenvalue weighted by Gasteiger charge is -2.15. The number of hydrogen-bond donors (Lipinski definition) is 1. The van der Waals surface area contributed by atoms with Crippen LogP contribution in [0.25, 0.3) is 0 Å². The summed E-state index contributed by atoms with van der Waals surface area (Å²) in [6.07, 6.45) is 7.92. The van der Waals surface area contributed by atoms with Crippen molar-refractivity contribution in [1.29, 1.82) is 0 Å². The molecule has 0 bridgehead atoms. The van der Waals surface area contributed by atoms with Crippen LogP contribution in [0.15, 0.2) is 29.4 Å². The number of carbonyl (C=O) groups excluding carboxylic acids is 1. The van der Waals surface area contributed by atoms with Crippen molar-refractivity contribution in [2.75, 3.05) is 6.61 Å². The van der Waals surface area contributed by atoms with Crippen LogP contribution in [0.3, 0.4) is 0 Å². The molecule has 0 aromatic heterocycles. The Kier molecular flexibility index (Phi) is 7.45. The molecule has 1 aliphatic rings. The zero-order chi connectivity index (χ0) is 17.2. The van der Waals surface area contributed by atoms with E-state index in [4.69, 9.17) is 4.84 Å². The van der Waals surface area contributed by atoms with Gasteiger partial charge < -0.3 is 14.9 Å². The Labute approximate surface area is 140 Å². The molecule has 1 aliphatic carbocycles. The summed E-state index contributed by atoms with van der Waals surface area (Å²) in [5, 5.41) is 6.58. The minimum absolute atomic E-state index is 0.00255. The number of oxime groups is 1. The van der Waals surface area contributed by atoms with Crippen molar-refractivity contribution in [2.24, 2.45) is 5.16 Å². The number of para-hydroxylation sites is 1. The number of nitrogens with one attached hydrogen (secondary N) is 1. The smallest absolute Gasteiger partial charge is 0.387 e. The molecule has 1 amide bonds. The van der Waals surface area contributed by atoms with E-state index >= 15 is 0 Å². The fourth-order valence-electron chi connectivity index (χ4n) is 2.67. The van der Waals surface area contributed by atoms with Crippen LogP contribution in [-0.4, -0.2) is 31.4 Å². The summed E-state index contributed by atoms with van der Waals surface area (Å²) < 4.78 is 29.0. The predicted octanol–water partition coefficient (Wildman–Crippen LogP) is 3.48. The van der Waals surface area contributed by atoms with Gasteiger partial charge in [-0.1, -0.05) is 43.0 Å². The predicted molar refractivity (Wildman–Crippen MR) is 86.3 cm³/mol. The fourth-order valence-corrected chi connectivity index (χ4v) is 2.67. The van der Waals surface area contributed by atoms with Crippen molar-refractivity contribution in [3.8, 4) is 5.75 Å². The highest BCUT2D eigenvalue weighted by atomic mass is 19.3. The molecule has 1 saturated carbocycles. The molecule has 0 saturated heterocycles. The van der Waals surface area contributed by atoms with E-state index in [0.717, 1.165) is 25.7 Å². The zero-order valence-corrected chi connectivity index (χ0v) is 13.4. The van der Waals surface area contributed by atoms with Crippen molar-refractivity contribution in [1.82, 2.24) is 5.32 Å². The number of benzene rings is 1. The number of rotatable bonds is 7. The van der Waals surface area contributed by atoms with E-state index in [9.17, 15) is 13.6 Å². The third kappa shape index (κ3) is 6.52. The second-order valence-corrected chi connectivity index (χ2v) is 5.68. The third-order valence-corrected chi connectivity index (χ3v) is 3.82. The molecule has 0 unspecified atom stereocenters. The Hall–Kier alpha value is -2.18. The van der Waals surface area contributed by atoms with Crippen LogP contribution in [0, 0.1) is 0 Å². The van der Waals surface area contributed by atoms with Crippen LogP contribution < -0.4 is 10.1 Å². The Bertz CT molecular complexity index is 544. The Morgan fingerprint density at radius 3 is 2.67 bits per heavy atom. The lowest BCUT2D eigenvalue weighted by atomic mass is 10.1. The number of ether oxygens (including phenoxy) is 1. The first kappa shape index (κ1) is 18.2. The van der Waals surface area contributed by atoms with Crippen LogP contribution in [0.4, 0.5) is 8.78 Å². The highest BCUT2D eigenvalue weighted by Gasteiger charge is 2.14. The first-order valence-electron chi connectivity index (χ1n) is 8.13. The SMILES string of the molecule is O=C(CO/N=C/c1ccccc1OC(F)F)NC1CCCCCC1. The molecule has 7 heteroatoms. The maximum absolute atomic E-state index is 12.3. The molecule has 1 aromatic carbocycles. The van der Waals surface area contributed by atoms with Gasteiger partial charge in [-0.2, -0.15) is 8.78 Å². The number of halogens is 2. The number of alkyl halides is 2. The molecule has 0 aliphatic heterocycles. The molecule has 2 rings (SSSR count). The van der Waals surface area contributed by atoms with E-state index in [1.165, 1.54) is 25.1 Å². The topological polar surface area (TPSA) is 59.9 Å². The van der Waals surface area contributed by atoms with E-state index in [0.29, 0.717) is 5.56 Å². The lowest BCUT2D eigenvalue weighted by molar-refractivity contribution is -0.126. The van der Waals surface area contributed by atoms with E-state index in [1.807, 2.05) is 0 Å². The van der Waals surface area contributed by atoms with Crippen molar-refractivity contribution in [3.63, 3.8) is 0 Å². The zero-order valence-electron chi connectivity index (χ0n) is 13.4. The van der Waals surface area contributed by atoms with E-state index in [1.54, 1.807) is 18.2 Å². The summed E-state index contributed by atoms with van der Waals surface area (Å²) >= 11 is 0. The van der Waals surface area contributed by atoms with Gasteiger partial charge >= 0.3 is 6.61 Å². The first-order valence-corrected chi connectivity index (χ1v) is 8.13. The quantitative estimate of drug-likeness (QED) is 0.470. The monoisotopic (exact) mass is 340 g/mol. The molecule has 1 fully saturated rings. The second-order valence-electron chi connectivity index (χ2n) is 5.68. The van der Waals surface area contributed by atoms with E-state index < -0.39 is 6.61 Å². The maximum atomic E-state index is 12.3. The Morgan fingerprint density at radius 2 is 1.96 bits per heavy atom. The van der Waals surface area contributed by atoms with Gasteiger partial charge in [-0.15, -0.1) is 0 Å². The first-order chi connectivity index (χ1) is 11.6. The van der Waals surface area contributed by atoms with Crippen LogP contribution in [0.1, 0.15) is 44.1 Å². The number of amides is 1. The lowest BCUT2D eigenvalue weighted by Crippen LogP contribution is -2.36. The molecular weight excluding hydrogens is 318 g/mol. The van der Waals surface area contributed by atoms with Gasteiger partial charge in [0.2, 0.25) is 0 Å². The largest absolute Gasteiger partial charge is 0.434 e. The molecule has 0 atom stereocenters. The van der Waals surface area contributed by atoms with Gasteiger partial charge in [0.15, 0.2) is 6.61 Å². The Balaban J connectivity index is 1.76. The molecular formula is C17H22F2N2O3. The van der Waals surface area contributed by atoms with Gasteiger partial charge in [-0.05, 0) is 25.0 Å². The fraction of sp³-hybridized carbons (Fsp3) is 0.529. The summed E-state index contributed by atoms with van der Waals surface area (Å²) in [5.74, 6) is -0.223. The molecule has 1 aromatic rings. The van der Waals surface area contributed by atoms with Gasteiger partial charge in [0.25, 0.3) is 5.91 Å². The van der Waals surface area contributed by atoms with Gasteiger partial charge in [0.05, 0.1) is 6.21 Å². The van der Waals surface area contributed by atoms with Gasteiger partial charge in [0.1, 0.15) is 5.75 Å². The summed E-state index contributed by atoms with van der Waals surface area (Å²) in [7, 11) is 0. The summed E-state index contributed by atoms with van der Waals surface area (Å²) in [5.41, 5.74) is 0.349. The van der Waals surface area contributed by atoms with Crippen molar-refractivity contribution < 1.29 is 23.1 Å². The minimum atomic E-state index is -2.91. The van der Waals surface area contributed by atoms with Crippen molar-refractivity contribution in [2.45, 2.75) is 51.2 Å². The molecule has 0 heterocycles. The average molecular weight is 340 g/mol. The summed E-state index contributed by atoms with van der Waals surface area (Å²) in [6.45, 7) is -3.11. The third-order valence-electron chi connectivity index (χ3n) is 3.82. The summed E-state index contributed by atoms with van der Waals surface area (Å²) in [6, 6.07) is 6.42. The number of hydrogen-bond acceptors (Lipinski definition) is 4. The van der Waals surface area contributed by atoms with Crippen molar-refractivity contribution >= 4 is 12.1 Å². The van der Waals surface area contributed by atoms with Gasteiger partial charge in [-0.3, -0.25) is 4.79 Å². The molecule has 24 heavy (non-hydrogen) atoms. The Morgan fingerprint density at radius 1 is 1.25 bits per heavy atom. The second kappa shape index (κ2) is 9.85. The minimum Gasteiger partial charge on any atom is -0.434 e. The molecule has 132 valence electrons. The van der Waals surface area contributed by atoms with Crippen LogP contribution >= 0.6 is 0 Å². The van der Waals surface area contributed by atoms with Crippen LogP contribution in [0.2, 0.25) is 0 Å². The number of carbonyl (C=O) groups is 1. The van der Waals surface area contributed by atoms with Crippen molar-refractivity contribution in [3.05, 3.63) is 29.8 Å². The number of nitrogens with zero attached hydrogens (tertiary/aromatic N) is 1. The molecule has 0 spiro atoms. The average Bonchev–Trinajstić information content (AvgIpc) is 2.81. The van der Waals surface area contributed by atoms with Crippen LogP contribution in [0.5, 0.6) is 5.75 Å². The highest BCUT2D eigenvalue weighted by molar-refractivity contribution is 5.83. The molecule has 5 nitrogen and oxygen atoms in total. The van der Waals surface area contributed by atoms with Crippen LogP contribution in [-0.2, 0) is 9.63 Å². The summed E-state index contributed by atoms with van der Waals surface area (Å²) in [4.78, 5) is 16.8. The van der Waals surface area contributed by atoms with E-state index in [2.05, 4.69) is 15.2 Å².